The van der Waals surface area contributed by atoms with Gasteiger partial charge in [0.25, 0.3) is 5.91 Å². The van der Waals surface area contributed by atoms with Crippen molar-refractivity contribution in [3.8, 4) is 5.75 Å². The van der Waals surface area contributed by atoms with Crippen LogP contribution >= 0.6 is 0 Å². The third-order valence-electron chi connectivity index (χ3n) is 6.97. The first-order valence-electron chi connectivity index (χ1n) is 11.2. The van der Waals surface area contributed by atoms with Crippen LogP contribution in [-0.2, 0) is 6.42 Å². The number of carbonyl (C=O) groups is 2. The molecule has 1 aliphatic heterocycles. The van der Waals surface area contributed by atoms with Crippen molar-refractivity contribution in [3.63, 3.8) is 0 Å². The van der Waals surface area contributed by atoms with Gasteiger partial charge in [0, 0.05) is 42.7 Å². The number of aromatic nitrogens is 3. The standard InChI is InChI=1S/C25H28N4O3/c1-16(2)29-23-19(15-27-29)12-25(13-22(23)30)6-8-28(9-7-25)24(31)18-10-17-11-20(32-3)4-5-21(17)26-14-18/h4-5,10-11,14-16H,6-9,12-13H2,1-3H3. The summed E-state index contributed by atoms with van der Waals surface area (Å²) in [6, 6.07) is 7.71. The maximum absolute atomic E-state index is 13.2. The van der Waals surface area contributed by atoms with Gasteiger partial charge in [-0.1, -0.05) is 0 Å². The summed E-state index contributed by atoms with van der Waals surface area (Å²) in [7, 11) is 1.62. The van der Waals surface area contributed by atoms with E-state index in [2.05, 4.69) is 10.1 Å². The summed E-state index contributed by atoms with van der Waals surface area (Å²) in [5, 5.41) is 5.35. The van der Waals surface area contributed by atoms with E-state index < -0.39 is 0 Å². The van der Waals surface area contributed by atoms with E-state index >= 15 is 0 Å². The van der Waals surface area contributed by atoms with Gasteiger partial charge >= 0.3 is 0 Å². The first-order valence-corrected chi connectivity index (χ1v) is 11.2. The summed E-state index contributed by atoms with van der Waals surface area (Å²) < 4.78 is 7.15. The molecule has 7 heteroatoms. The number of carbonyl (C=O) groups excluding carboxylic acids is 2. The molecule has 2 aromatic heterocycles. The van der Waals surface area contributed by atoms with E-state index in [0.29, 0.717) is 25.1 Å². The lowest BCUT2D eigenvalue weighted by Crippen LogP contribution is -2.46. The normalized spacial score (nSPS) is 17.8. The monoisotopic (exact) mass is 432 g/mol. The Hall–Kier alpha value is -3.22. The van der Waals surface area contributed by atoms with Gasteiger partial charge in [0.2, 0.25) is 0 Å². The zero-order chi connectivity index (χ0) is 22.5. The number of ketones is 1. The van der Waals surface area contributed by atoms with Gasteiger partial charge in [-0.2, -0.15) is 5.10 Å². The van der Waals surface area contributed by atoms with E-state index in [1.165, 1.54) is 0 Å². The second-order valence-corrected chi connectivity index (χ2v) is 9.41. The molecular formula is C25H28N4O3. The van der Waals surface area contributed by atoms with E-state index in [9.17, 15) is 9.59 Å². The third-order valence-corrected chi connectivity index (χ3v) is 6.97. The molecule has 1 aromatic carbocycles. The van der Waals surface area contributed by atoms with E-state index in [4.69, 9.17) is 4.74 Å². The molecule has 3 aromatic rings. The molecule has 0 atom stereocenters. The molecule has 3 heterocycles. The smallest absolute Gasteiger partial charge is 0.255 e. The fourth-order valence-electron chi connectivity index (χ4n) is 5.19. The van der Waals surface area contributed by atoms with Gasteiger partial charge in [0.1, 0.15) is 11.4 Å². The molecule has 0 saturated carbocycles. The van der Waals surface area contributed by atoms with Gasteiger partial charge in [0.05, 0.1) is 24.4 Å². The van der Waals surface area contributed by atoms with Crippen molar-refractivity contribution in [2.75, 3.05) is 20.2 Å². The Kier molecular flexibility index (Phi) is 4.99. The lowest BCUT2D eigenvalue weighted by Gasteiger charge is -2.43. The van der Waals surface area contributed by atoms with Gasteiger partial charge in [-0.05, 0) is 62.8 Å². The lowest BCUT2D eigenvalue weighted by molar-refractivity contribution is 0.0517. The third kappa shape index (κ3) is 3.45. The van der Waals surface area contributed by atoms with E-state index in [1.807, 2.05) is 53.9 Å². The van der Waals surface area contributed by atoms with Crippen LogP contribution in [0.2, 0.25) is 0 Å². The van der Waals surface area contributed by atoms with Crippen molar-refractivity contribution in [1.29, 1.82) is 0 Å². The van der Waals surface area contributed by atoms with Gasteiger partial charge in [-0.25, -0.2) is 0 Å². The van der Waals surface area contributed by atoms with Crippen LogP contribution < -0.4 is 4.74 Å². The molecule has 1 amide bonds. The van der Waals surface area contributed by atoms with Crippen LogP contribution in [0.4, 0.5) is 0 Å². The first-order chi connectivity index (χ1) is 15.4. The number of benzene rings is 1. The fraction of sp³-hybridized carbons (Fsp3) is 0.440. The Balaban J connectivity index is 1.32. The topological polar surface area (TPSA) is 77.3 Å². The average Bonchev–Trinajstić information content (AvgIpc) is 3.23. The molecule has 5 rings (SSSR count). The number of rotatable bonds is 3. The van der Waals surface area contributed by atoms with Crippen LogP contribution in [0.1, 0.15) is 65.6 Å². The number of fused-ring (bicyclic) bond motifs is 2. The first kappa shape index (κ1) is 20.7. The van der Waals surface area contributed by atoms with Gasteiger partial charge in [0.15, 0.2) is 5.78 Å². The summed E-state index contributed by atoms with van der Waals surface area (Å²) in [5.41, 5.74) is 3.19. The van der Waals surface area contributed by atoms with Crippen LogP contribution in [0.15, 0.2) is 36.7 Å². The van der Waals surface area contributed by atoms with Crippen LogP contribution in [0.3, 0.4) is 0 Å². The van der Waals surface area contributed by atoms with Crippen LogP contribution in [0.5, 0.6) is 5.75 Å². The molecule has 1 spiro atoms. The van der Waals surface area contributed by atoms with E-state index in [0.717, 1.165) is 47.2 Å². The summed E-state index contributed by atoms with van der Waals surface area (Å²) in [6.45, 7) is 5.39. The van der Waals surface area contributed by atoms with Crippen molar-refractivity contribution in [2.24, 2.45) is 5.41 Å². The molecule has 7 nitrogen and oxygen atoms in total. The van der Waals surface area contributed by atoms with Crippen LogP contribution in [-0.4, -0.2) is 51.6 Å². The van der Waals surface area contributed by atoms with Crippen molar-refractivity contribution < 1.29 is 14.3 Å². The number of nitrogens with zero attached hydrogens (tertiary/aromatic N) is 4. The van der Waals surface area contributed by atoms with Crippen molar-refractivity contribution in [2.45, 2.75) is 45.6 Å². The highest BCUT2D eigenvalue weighted by molar-refractivity contribution is 5.98. The number of hydrogen-bond acceptors (Lipinski definition) is 5. The molecule has 0 unspecified atom stereocenters. The Morgan fingerprint density at radius 2 is 1.91 bits per heavy atom. The summed E-state index contributed by atoms with van der Waals surface area (Å²) >= 11 is 0. The molecule has 0 bridgehead atoms. The molecule has 1 aliphatic carbocycles. The zero-order valence-corrected chi connectivity index (χ0v) is 18.8. The Labute approximate surface area is 187 Å². The minimum Gasteiger partial charge on any atom is -0.497 e. The quantitative estimate of drug-likeness (QED) is 0.623. The SMILES string of the molecule is COc1ccc2ncc(C(=O)N3CCC4(CC3)CC(=O)c3c(cnn3C(C)C)C4)cc2c1. The predicted octanol–water partition coefficient (Wildman–Crippen LogP) is 4.07. The number of pyridine rings is 1. The van der Waals surface area contributed by atoms with Gasteiger partial charge in [-0.3, -0.25) is 19.3 Å². The Bertz CT molecular complexity index is 1210. The van der Waals surface area contributed by atoms with Gasteiger partial charge in [-0.15, -0.1) is 0 Å². The lowest BCUT2D eigenvalue weighted by atomic mass is 9.67. The highest BCUT2D eigenvalue weighted by Crippen LogP contribution is 2.44. The number of ether oxygens (including phenoxy) is 1. The Morgan fingerprint density at radius 3 is 2.62 bits per heavy atom. The summed E-state index contributed by atoms with van der Waals surface area (Å²) in [5.74, 6) is 0.920. The maximum atomic E-state index is 13.2. The van der Waals surface area contributed by atoms with Crippen molar-refractivity contribution >= 4 is 22.6 Å². The molecule has 166 valence electrons. The van der Waals surface area contributed by atoms with Crippen LogP contribution in [0, 0.1) is 5.41 Å². The summed E-state index contributed by atoms with van der Waals surface area (Å²) in [6.07, 6.45) is 6.56. The Morgan fingerprint density at radius 1 is 1.12 bits per heavy atom. The number of hydrogen-bond donors (Lipinski definition) is 0. The maximum Gasteiger partial charge on any atom is 0.255 e. The van der Waals surface area contributed by atoms with Crippen molar-refractivity contribution in [1.82, 2.24) is 19.7 Å². The van der Waals surface area contributed by atoms with Gasteiger partial charge < -0.3 is 9.64 Å². The molecule has 0 N–H and O–H groups in total. The second kappa shape index (κ2) is 7.73. The van der Waals surface area contributed by atoms with E-state index in [1.54, 1.807) is 13.3 Å². The molecule has 32 heavy (non-hydrogen) atoms. The number of piperidine rings is 1. The largest absolute Gasteiger partial charge is 0.497 e. The number of likely N-dealkylation sites (tertiary alicyclic amines) is 1. The second-order valence-electron chi connectivity index (χ2n) is 9.41. The van der Waals surface area contributed by atoms with Crippen LogP contribution in [0.25, 0.3) is 10.9 Å². The minimum atomic E-state index is -0.0687. The fourth-order valence-corrected chi connectivity index (χ4v) is 5.19. The molecule has 1 fully saturated rings. The highest BCUT2D eigenvalue weighted by Gasteiger charge is 2.43. The minimum absolute atomic E-state index is 0.00692. The van der Waals surface area contributed by atoms with E-state index in [-0.39, 0.29) is 23.1 Å². The highest BCUT2D eigenvalue weighted by atomic mass is 16.5. The average molecular weight is 433 g/mol. The van der Waals surface area contributed by atoms with Crippen molar-refractivity contribution in [3.05, 3.63) is 53.5 Å². The zero-order valence-electron chi connectivity index (χ0n) is 18.8. The number of amides is 1. The number of methoxy groups -OCH3 is 1. The molecular weight excluding hydrogens is 404 g/mol. The number of Topliss-reactive ketones (excluding diaryl/α,β-unsaturated/α-hetero) is 1. The molecule has 2 aliphatic rings. The molecule has 0 radical (unpaired) electrons. The molecule has 1 saturated heterocycles. The predicted molar refractivity (Wildman–Crippen MR) is 121 cm³/mol. The summed E-state index contributed by atoms with van der Waals surface area (Å²) in [4.78, 5) is 32.5.